The highest BCUT2D eigenvalue weighted by Crippen LogP contribution is 2.18. The Labute approximate surface area is 113 Å². The lowest BCUT2D eigenvalue weighted by Gasteiger charge is -2.34. The topological polar surface area (TPSA) is 61.0 Å². The number of hydrogen-bond acceptors (Lipinski definition) is 2. The van der Waals surface area contributed by atoms with Gasteiger partial charge in [-0.05, 0) is 45.9 Å². The van der Waals surface area contributed by atoms with Gasteiger partial charge in [-0.15, -0.1) is 0 Å². The van der Waals surface area contributed by atoms with E-state index < -0.39 is 0 Å². The summed E-state index contributed by atoms with van der Waals surface area (Å²) in [4.78, 5) is 21.2. The maximum Gasteiger partial charge on any atom is 0.322 e. The van der Waals surface area contributed by atoms with Crippen molar-refractivity contribution in [2.45, 2.75) is 33.2 Å². The number of amides is 2. The minimum absolute atomic E-state index is 0.0890. The molecule has 5 nitrogen and oxygen atoms in total. The summed E-state index contributed by atoms with van der Waals surface area (Å²) in [7, 11) is 0. The van der Waals surface area contributed by atoms with Crippen LogP contribution in [0, 0.1) is 0 Å². The fraction of sp³-hybridized carbons (Fsp3) is 0.429. The number of urea groups is 1. The van der Waals surface area contributed by atoms with E-state index >= 15 is 0 Å². The van der Waals surface area contributed by atoms with Gasteiger partial charge in [-0.1, -0.05) is 0 Å². The Bertz CT molecular complexity index is 582. The molecule has 1 aromatic carbocycles. The van der Waals surface area contributed by atoms with Gasteiger partial charge in [0.05, 0.1) is 17.4 Å². The fourth-order valence-corrected chi connectivity index (χ4v) is 2.13. The summed E-state index contributed by atoms with van der Waals surface area (Å²) < 4.78 is 0. The second kappa shape index (κ2) is 4.91. The first-order valence-corrected chi connectivity index (χ1v) is 6.43. The molecule has 0 radical (unpaired) electrons. The summed E-state index contributed by atoms with van der Waals surface area (Å²) in [6.45, 7) is 8.71. The van der Waals surface area contributed by atoms with Crippen LogP contribution in [-0.4, -0.2) is 33.0 Å². The molecule has 0 aliphatic rings. The van der Waals surface area contributed by atoms with E-state index in [4.69, 9.17) is 0 Å². The SMILES string of the molecule is CCN(C(=O)Nc1ccc2nc[nH]c2c1)C(C)(C)C. The Morgan fingerprint density at radius 3 is 2.79 bits per heavy atom. The summed E-state index contributed by atoms with van der Waals surface area (Å²) in [5, 5.41) is 2.92. The number of anilines is 1. The van der Waals surface area contributed by atoms with Crippen LogP contribution in [0.1, 0.15) is 27.7 Å². The number of imidazole rings is 1. The van der Waals surface area contributed by atoms with E-state index in [1.54, 1.807) is 11.2 Å². The molecule has 0 atom stereocenters. The van der Waals surface area contributed by atoms with Gasteiger partial charge in [-0.25, -0.2) is 9.78 Å². The van der Waals surface area contributed by atoms with Gasteiger partial charge in [-0.3, -0.25) is 0 Å². The molecule has 102 valence electrons. The number of H-pyrrole nitrogens is 1. The van der Waals surface area contributed by atoms with Crippen LogP contribution in [0.25, 0.3) is 11.0 Å². The van der Waals surface area contributed by atoms with Crippen molar-refractivity contribution in [3.8, 4) is 0 Å². The highest BCUT2D eigenvalue weighted by atomic mass is 16.2. The van der Waals surface area contributed by atoms with Gasteiger partial charge in [0, 0.05) is 17.8 Å². The summed E-state index contributed by atoms with van der Waals surface area (Å²) in [5.74, 6) is 0. The van der Waals surface area contributed by atoms with Crippen molar-refractivity contribution in [1.29, 1.82) is 0 Å². The monoisotopic (exact) mass is 260 g/mol. The predicted octanol–water partition coefficient (Wildman–Crippen LogP) is 3.22. The zero-order chi connectivity index (χ0) is 14.0. The van der Waals surface area contributed by atoms with Gasteiger partial charge in [0.15, 0.2) is 0 Å². The van der Waals surface area contributed by atoms with E-state index in [2.05, 4.69) is 15.3 Å². The highest BCUT2D eigenvalue weighted by Gasteiger charge is 2.24. The number of rotatable bonds is 2. The third-order valence-electron chi connectivity index (χ3n) is 3.04. The summed E-state index contributed by atoms with van der Waals surface area (Å²) >= 11 is 0. The van der Waals surface area contributed by atoms with Gasteiger partial charge >= 0.3 is 6.03 Å². The van der Waals surface area contributed by atoms with Crippen molar-refractivity contribution >= 4 is 22.8 Å². The standard InChI is InChI=1S/C14H20N4O/c1-5-18(14(2,3)4)13(19)17-10-6-7-11-12(8-10)16-9-15-11/h6-9H,5H2,1-4H3,(H,15,16)(H,17,19). The van der Waals surface area contributed by atoms with Gasteiger partial charge < -0.3 is 15.2 Å². The molecule has 0 spiro atoms. The van der Waals surface area contributed by atoms with Crippen LogP contribution in [0.4, 0.5) is 10.5 Å². The number of carbonyl (C=O) groups is 1. The Kier molecular flexibility index (Phi) is 3.46. The summed E-state index contributed by atoms with van der Waals surface area (Å²) in [6.07, 6.45) is 1.64. The van der Waals surface area contributed by atoms with Crippen LogP contribution >= 0.6 is 0 Å². The van der Waals surface area contributed by atoms with Crippen molar-refractivity contribution in [1.82, 2.24) is 14.9 Å². The molecule has 0 saturated heterocycles. The van der Waals surface area contributed by atoms with Crippen molar-refractivity contribution in [2.24, 2.45) is 0 Å². The molecule has 1 heterocycles. The molecule has 0 fully saturated rings. The van der Waals surface area contributed by atoms with E-state index in [0.29, 0.717) is 6.54 Å². The van der Waals surface area contributed by atoms with E-state index in [-0.39, 0.29) is 11.6 Å². The van der Waals surface area contributed by atoms with Gasteiger partial charge in [0.2, 0.25) is 0 Å². The number of benzene rings is 1. The lowest BCUT2D eigenvalue weighted by molar-refractivity contribution is 0.162. The maximum atomic E-state index is 12.3. The number of hydrogen-bond donors (Lipinski definition) is 2. The second-order valence-electron chi connectivity index (χ2n) is 5.48. The normalized spacial score (nSPS) is 11.6. The van der Waals surface area contributed by atoms with Crippen LogP contribution in [0.3, 0.4) is 0 Å². The molecule has 2 N–H and O–H groups in total. The van der Waals surface area contributed by atoms with Crippen molar-refractivity contribution < 1.29 is 4.79 Å². The largest absolute Gasteiger partial charge is 0.345 e. The maximum absolute atomic E-state index is 12.3. The first-order chi connectivity index (χ1) is 8.91. The third kappa shape index (κ3) is 2.86. The number of nitrogens with one attached hydrogen (secondary N) is 2. The molecular weight excluding hydrogens is 240 g/mol. The highest BCUT2D eigenvalue weighted by molar-refractivity contribution is 5.92. The lowest BCUT2D eigenvalue weighted by atomic mass is 10.1. The minimum atomic E-state index is -0.197. The van der Waals surface area contributed by atoms with Gasteiger partial charge in [-0.2, -0.15) is 0 Å². The van der Waals surface area contributed by atoms with E-state index in [1.165, 1.54) is 0 Å². The Balaban J connectivity index is 2.17. The molecule has 0 aliphatic heterocycles. The average molecular weight is 260 g/mol. The average Bonchev–Trinajstić information content (AvgIpc) is 2.74. The van der Waals surface area contributed by atoms with E-state index in [1.807, 2.05) is 45.9 Å². The zero-order valence-corrected chi connectivity index (χ0v) is 11.8. The molecule has 2 amide bonds. The Morgan fingerprint density at radius 2 is 2.16 bits per heavy atom. The molecule has 2 aromatic rings. The Morgan fingerprint density at radius 1 is 1.42 bits per heavy atom. The first kappa shape index (κ1) is 13.4. The summed E-state index contributed by atoms with van der Waals surface area (Å²) in [5.41, 5.74) is 2.37. The van der Waals surface area contributed by atoms with Crippen LogP contribution in [0.2, 0.25) is 0 Å². The molecule has 0 aliphatic carbocycles. The first-order valence-electron chi connectivity index (χ1n) is 6.43. The second-order valence-corrected chi connectivity index (χ2v) is 5.48. The number of aromatic amines is 1. The van der Waals surface area contributed by atoms with Gasteiger partial charge in [0.1, 0.15) is 0 Å². The van der Waals surface area contributed by atoms with Crippen LogP contribution in [-0.2, 0) is 0 Å². The molecule has 2 rings (SSSR count). The fourth-order valence-electron chi connectivity index (χ4n) is 2.13. The lowest BCUT2D eigenvalue weighted by Crippen LogP contribution is -2.47. The molecule has 1 aromatic heterocycles. The van der Waals surface area contributed by atoms with Crippen LogP contribution in [0.15, 0.2) is 24.5 Å². The zero-order valence-electron chi connectivity index (χ0n) is 11.8. The van der Waals surface area contributed by atoms with E-state index in [0.717, 1.165) is 16.7 Å². The molecule has 0 unspecified atom stereocenters. The van der Waals surface area contributed by atoms with E-state index in [9.17, 15) is 4.79 Å². The van der Waals surface area contributed by atoms with Crippen LogP contribution < -0.4 is 5.32 Å². The number of nitrogens with zero attached hydrogens (tertiary/aromatic N) is 2. The molecule has 0 bridgehead atoms. The molecule has 5 heteroatoms. The Hall–Kier alpha value is -2.04. The molecule has 19 heavy (non-hydrogen) atoms. The smallest absolute Gasteiger partial charge is 0.322 e. The molecule has 0 saturated carbocycles. The minimum Gasteiger partial charge on any atom is -0.345 e. The third-order valence-corrected chi connectivity index (χ3v) is 3.04. The van der Waals surface area contributed by atoms with Crippen molar-refractivity contribution in [2.75, 3.05) is 11.9 Å². The molecular formula is C14H20N4O. The van der Waals surface area contributed by atoms with Crippen LogP contribution in [0.5, 0.6) is 0 Å². The number of fused-ring (bicyclic) bond motifs is 1. The number of carbonyl (C=O) groups excluding carboxylic acids is 1. The summed E-state index contributed by atoms with van der Waals surface area (Å²) in [6, 6.07) is 5.54. The van der Waals surface area contributed by atoms with Crippen molar-refractivity contribution in [3.05, 3.63) is 24.5 Å². The quantitative estimate of drug-likeness (QED) is 0.871. The van der Waals surface area contributed by atoms with Gasteiger partial charge in [0.25, 0.3) is 0 Å². The predicted molar refractivity (Wildman–Crippen MR) is 77.2 cm³/mol. The number of aromatic nitrogens is 2. The van der Waals surface area contributed by atoms with Crippen molar-refractivity contribution in [3.63, 3.8) is 0 Å².